The van der Waals surface area contributed by atoms with Crippen molar-refractivity contribution < 1.29 is 13.2 Å². The first kappa shape index (κ1) is 19.4. The Morgan fingerprint density at radius 1 is 1.00 bits per heavy atom. The quantitative estimate of drug-likeness (QED) is 0.853. The Balaban J connectivity index is 1.65. The molecule has 0 radical (unpaired) electrons. The van der Waals surface area contributed by atoms with Crippen molar-refractivity contribution in [2.45, 2.75) is 30.7 Å². The zero-order chi connectivity index (χ0) is 19.3. The van der Waals surface area contributed by atoms with Gasteiger partial charge in [-0.1, -0.05) is 30.3 Å². The predicted molar refractivity (Wildman–Crippen MR) is 106 cm³/mol. The molecule has 1 N–H and O–H groups in total. The van der Waals surface area contributed by atoms with E-state index in [1.165, 1.54) is 16.4 Å². The van der Waals surface area contributed by atoms with Gasteiger partial charge in [0.2, 0.25) is 10.0 Å². The molecule has 0 aromatic heterocycles. The molecule has 2 aromatic rings. The fraction of sp³-hybridized carbons (Fsp3) is 0.350. The summed E-state index contributed by atoms with van der Waals surface area (Å²) in [4.78, 5) is 14.2. The number of piperidine rings is 1. The number of rotatable bonds is 5. The zero-order valence-corrected chi connectivity index (χ0v) is 16.3. The smallest absolute Gasteiger partial charge is 0.321 e. The van der Waals surface area contributed by atoms with Crippen LogP contribution in [0.4, 0.5) is 10.5 Å². The normalized spacial score (nSPS) is 15.0. The maximum atomic E-state index is 12.7. The van der Waals surface area contributed by atoms with Crippen molar-refractivity contribution in [1.29, 1.82) is 0 Å². The van der Waals surface area contributed by atoms with Crippen LogP contribution in [0.3, 0.4) is 0 Å². The molecule has 0 atom stereocenters. The maximum absolute atomic E-state index is 12.7. The van der Waals surface area contributed by atoms with Crippen molar-refractivity contribution in [3.05, 3.63) is 60.2 Å². The van der Waals surface area contributed by atoms with E-state index in [0.717, 1.165) is 37.9 Å². The first-order valence-corrected chi connectivity index (χ1v) is 10.6. The van der Waals surface area contributed by atoms with E-state index in [4.69, 9.17) is 0 Å². The minimum Gasteiger partial charge on any atom is -0.325 e. The summed E-state index contributed by atoms with van der Waals surface area (Å²) < 4.78 is 26.8. The Kier molecular flexibility index (Phi) is 6.13. The number of amides is 2. The van der Waals surface area contributed by atoms with Gasteiger partial charge in [0.05, 0.1) is 4.90 Å². The van der Waals surface area contributed by atoms with Crippen LogP contribution < -0.4 is 5.32 Å². The lowest BCUT2D eigenvalue weighted by atomic mass is 10.1. The van der Waals surface area contributed by atoms with Crippen LogP contribution in [0.5, 0.6) is 0 Å². The number of hydrogen-bond acceptors (Lipinski definition) is 3. The Labute approximate surface area is 160 Å². The average molecular weight is 388 g/mol. The second kappa shape index (κ2) is 8.54. The maximum Gasteiger partial charge on any atom is 0.321 e. The van der Waals surface area contributed by atoms with Gasteiger partial charge in [-0.15, -0.1) is 0 Å². The summed E-state index contributed by atoms with van der Waals surface area (Å²) in [7, 11) is -2.03. The molecule has 0 aliphatic carbocycles. The Hall–Kier alpha value is -2.38. The molecule has 1 aliphatic heterocycles. The lowest BCUT2D eigenvalue weighted by Crippen LogP contribution is -2.38. The highest BCUT2D eigenvalue weighted by Crippen LogP contribution is 2.20. The van der Waals surface area contributed by atoms with Crippen LogP contribution in [0.2, 0.25) is 0 Å². The summed E-state index contributed by atoms with van der Waals surface area (Å²) in [6.07, 6.45) is 3.21. The second-order valence-electron chi connectivity index (χ2n) is 6.75. The standard InChI is InChI=1S/C20H25N3O3S/c1-22(16-17-8-4-2-5-9-17)27(25,26)19-12-10-18(11-13-19)21-20(24)23-14-6-3-7-15-23/h2,4-5,8-13H,3,6-7,14-16H2,1H3,(H,21,24). The van der Waals surface area contributed by atoms with Crippen LogP contribution in [0.25, 0.3) is 0 Å². The van der Waals surface area contributed by atoms with Crippen LogP contribution in [-0.2, 0) is 16.6 Å². The number of likely N-dealkylation sites (tertiary alicyclic amines) is 1. The SMILES string of the molecule is CN(Cc1ccccc1)S(=O)(=O)c1ccc(NC(=O)N2CCCCC2)cc1. The molecule has 3 rings (SSSR count). The first-order chi connectivity index (χ1) is 13.0. The number of sulfonamides is 1. The number of nitrogens with zero attached hydrogens (tertiary/aromatic N) is 2. The molecule has 6 nitrogen and oxygen atoms in total. The average Bonchev–Trinajstić information content (AvgIpc) is 2.70. The van der Waals surface area contributed by atoms with E-state index in [2.05, 4.69) is 5.32 Å². The molecule has 1 heterocycles. The number of benzene rings is 2. The van der Waals surface area contributed by atoms with Gasteiger partial charge in [0, 0.05) is 32.4 Å². The summed E-state index contributed by atoms with van der Waals surface area (Å²) in [6.45, 7) is 1.84. The largest absolute Gasteiger partial charge is 0.325 e. The first-order valence-electron chi connectivity index (χ1n) is 9.13. The van der Waals surface area contributed by atoms with Gasteiger partial charge in [0.15, 0.2) is 0 Å². The number of anilines is 1. The van der Waals surface area contributed by atoms with E-state index in [9.17, 15) is 13.2 Å². The molecule has 0 bridgehead atoms. The third-order valence-electron chi connectivity index (χ3n) is 4.71. The molecule has 144 valence electrons. The Bertz CT molecular complexity index is 861. The summed E-state index contributed by atoms with van der Waals surface area (Å²) >= 11 is 0. The van der Waals surface area contributed by atoms with Crippen molar-refractivity contribution in [2.75, 3.05) is 25.5 Å². The van der Waals surface area contributed by atoms with Crippen molar-refractivity contribution in [1.82, 2.24) is 9.21 Å². The van der Waals surface area contributed by atoms with E-state index < -0.39 is 10.0 Å². The van der Waals surface area contributed by atoms with E-state index in [-0.39, 0.29) is 10.9 Å². The summed E-state index contributed by atoms with van der Waals surface area (Å²) in [5.41, 5.74) is 1.52. The van der Waals surface area contributed by atoms with E-state index in [1.807, 2.05) is 30.3 Å². The molecule has 1 saturated heterocycles. The van der Waals surface area contributed by atoms with Crippen LogP contribution >= 0.6 is 0 Å². The van der Waals surface area contributed by atoms with Crippen LogP contribution in [0, 0.1) is 0 Å². The minimum atomic E-state index is -3.59. The van der Waals surface area contributed by atoms with Crippen molar-refractivity contribution in [2.24, 2.45) is 0 Å². The van der Waals surface area contributed by atoms with E-state index in [0.29, 0.717) is 12.2 Å². The van der Waals surface area contributed by atoms with Gasteiger partial charge in [-0.2, -0.15) is 4.31 Å². The number of urea groups is 1. The number of carbonyl (C=O) groups is 1. The van der Waals surface area contributed by atoms with E-state index in [1.54, 1.807) is 24.1 Å². The van der Waals surface area contributed by atoms with Gasteiger partial charge >= 0.3 is 6.03 Å². The van der Waals surface area contributed by atoms with Crippen LogP contribution in [-0.4, -0.2) is 43.8 Å². The van der Waals surface area contributed by atoms with Gasteiger partial charge in [-0.3, -0.25) is 0 Å². The van der Waals surface area contributed by atoms with Gasteiger partial charge in [0.25, 0.3) is 0 Å². The molecule has 0 saturated carbocycles. The molecular formula is C20H25N3O3S. The minimum absolute atomic E-state index is 0.133. The van der Waals surface area contributed by atoms with Crippen LogP contribution in [0.1, 0.15) is 24.8 Å². The molecule has 27 heavy (non-hydrogen) atoms. The summed E-state index contributed by atoms with van der Waals surface area (Å²) in [5, 5.41) is 2.84. The molecule has 1 aliphatic rings. The Morgan fingerprint density at radius 2 is 1.63 bits per heavy atom. The van der Waals surface area contributed by atoms with Gasteiger partial charge in [-0.25, -0.2) is 13.2 Å². The molecule has 0 spiro atoms. The lowest BCUT2D eigenvalue weighted by Gasteiger charge is -2.26. The lowest BCUT2D eigenvalue weighted by molar-refractivity contribution is 0.200. The Morgan fingerprint density at radius 3 is 2.26 bits per heavy atom. The topological polar surface area (TPSA) is 69.7 Å². The molecule has 0 unspecified atom stereocenters. The number of hydrogen-bond donors (Lipinski definition) is 1. The highest BCUT2D eigenvalue weighted by Gasteiger charge is 2.21. The fourth-order valence-corrected chi connectivity index (χ4v) is 4.27. The van der Waals surface area contributed by atoms with Crippen molar-refractivity contribution in [3.63, 3.8) is 0 Å². The molecular weight excluding hydrogens is 362 g/mol. The zero-order valence-electron chi connectivity index (χ0n) is 15.5. The van der Waals surface area contributed by atoms with Gasteiger partial charge in [-0.05, 0) is 49.1 Å². The summed E-state index contributed by atoms with van der Waals surface area (Å²) in [5.74, 6) is 0. The molecule has 2 aromatic carbocycles. The number of carbonyl (C=O) groups excluding carboxylic acids is 1. The molecule has 2 amide bonds. The highest BCUT2D eigenvalue weighted by atomic mass is 32.2. The third kappa shape index (κ3) is 4.87. The van der Waals surface area contributed by atoms with Gasteiger partial charge < -0.3 is 10.2 Å². The van der Waals surface area contributed by atoms with E-state index >= 15 is 0 Å². The highest BCUT2D eigenvalue weighted by molar-refractivity contribution is 7.89. The second-order valence-corrected chi connectivity index (χ2v) is 8.79. The fourth-order valence-electron chi connectivity index (χ4n) is 3.12. The van der Waals surface area contributed by atoms with Crippen molar-refractivity contribution in [3.8, 4) is 0 Å². The van der Waals surface area contributed by atoms with Crippen LogP contribution in [0.15, 0.2) is 59.5 Å². The number of nitrogens with one attached hydrogen (secondary N) is 1. The monoisotopic (exact) mass is 387 g/mol. The van der Waals surface area contributed by atoms with Crippen molar-refractivity contribution >= 4 is 21.7 Å². The third-order valence-corrected chi connectivity index (χ3v) is 6.52. The van der Waals surface area contributed by atoms with Gasteiger partial charge in [0.1, 0.15) is 0 Å². The summed E-state index contributed by atoms with van der Waals surface area (Å²) in [6, 6.07) is 15.6. The molecule has 7 heteroatoms. The predicted octanol–water partition coefficient (Wildman–Crippen LogP) is 3.53. The molecule has 1 fully saturated rings.